The zero-order chi connectivity index (χ0) is 22.8. The van der Waals surface area contributed by atoms with Crippen molar-refractivity contribution in [2.45, 2.75) is 58.3 Å². The van der Waals surface area contributed by atoms with Crippen LogP contribution in [-0.2, 0) is 23.6 Å². The molecule has 3 rings (SSSR count). The molecular weight excluding hydrogens is 395 g/mol. The number of fused-ring (bicyclic) bond motifs is 1. The Hall–Kier alpha value is -2.53. The van der Waals surface area contributed by atoms with Gasteiger partial charge in [0.25, 0.3) is 0 Å². The molecule has 31 heavy (non-hydrogen) atoms. The van der Waals surface area contributed by atoms with Crippen molar-refractivity contribution in [2.24, 2.45) is 0 Å². The Bertz CT molecular complexity index is 991. The molecule has 2 aromatic rings. The number of rotatable bonds is 7. The third-order valence-corrected chi connectivity index (χ3v) is 5.86. The Morgan fingerprint density at radius 1 is 1.19 bits per heavy atom. The summed E-state index contributed by atoms with van der Waals surface area (Å²) in [6.07, 6.45) is 4.66. The minimum absolute atomic E-state index is 0.0752. The fourth-order valence-electron chi connectivity index (χ4n) is 3.55. The number of terminal acetylenes is 1. The quantitative estimate of drug-likeness (QED) is 0.292. The molecule has 0 spiro atoms. The summed E-state index contributed by atoms with van der Waals surface area (Å²) in [5.41, 5.74) is 0.629. The van der Waals surface area contributed by atoms with Gasteiger partial charge in [-0.25, -0.2) is 0 Å². The highest BCUT2D eigenvalue weighted by molar-refractivity contribution is 6.65. The molecule has 1 aliphatic heterocycles. The third-order valence-electron chi connectivity index (χ3n) is 5.86. The van der Waals surface area contributed by atoms with Crippen molar-refractivity contribution in [3.05, 3.63) is 35.9 Å². The molecule has 1 aliphatic rings. The summed E-state index contributed by atoms with van der Waals surface area (Å²) in [6, 6.07) is 9.63. The SMILES string of the molecule is C#CCC(=O)OC(C)c1cccc2cc(OCOC)cc(B3OC(C)(C)C(C)(C)O3)c12. The number of benzene rings is 2. The number of carbonyl (C=O) groups is 1. The molecule has 1 fully saturated rings. The van der Waals surface area contributed by atoms with Gasteiger partial charge in [0.1, 0.15) is 18.3 Å². The maximum Gasteiger partial charge on any atom is 0.495 e. The predicted molar refractivity (Wildman–Crippen MR) is 120 cm³/mol. The van der Waals surface area contributed by atoms with E-state index in [4.69, 9.17) is 29.9 Å². The largest absolute Gasteiger partial charge is 0.495 e. The van der Waals surface area contributed by atoms with Gasteiger partial charge in [-0.05, 0) is 68.6 Å². The summed E-state index contributed by atoms with van der Waals surface area (Å²) in [5.74, 6) is 2.51. The lowest BCUT2D eigenvalue weighted by Gasteiger charge is -2.32. The average molecular weight is 424 g/mol. The van der Waals surface area contributed by atoms with Crippen LogP contribution in [0.3, 0.4) is 0 Å². The van der Waals surface area contributed by atoms with Crippen LogP contribution in [0.5, 0.6) is 5.75 Å². The third kappa shape index (κ3) is 4.72. The van der Waals surface area contributed by atoms with Gasteiger partial charge < -0.3 is 23.5 Å². The summed E-state index contributed by atoms with van der Waals surface area (Å²) in [6.45, 7) is 9.97. The molecule has 0 amide bonds. The van der Waals surface area contributed by atoms with E-state index >= 15 is 0 Å². The molecule has 0 aliphatic carbocycles. The maximum absolute atomic E-state index is 12.0. The van der Waals surface area contributed by atoms with Crippen LogP contribution < -0.4 is 10.2 Å². The van der Waals surface area contributed by atoms with Gasteiger partial charge in [0.05, 0.1) is 11.2 Å². The van der Waals surface area contributed by atoms with Gasteiger partial charge in [-0.3, -0.25) is 4.79 Å². The van der Waals surface area contributed by atoms with Crippen LogP contribution >= 0.6 is 0 Å². The van der Waals surface area contributed by atoms with E-state index in [2.05, 4.69) is 5.92 Å². The van der Waals surface area contributed by atoms with E-state index in [1.54, 1.807) is 7.11 Å². The molecule has 0 N–H and O–H groups in total. The lowest BCUT2D eigenvalue weighted by molar-refractivity contribution is -0.147. The molecule has 1 unspecified atom stereocenters. The second-order valence-corrected chi connectivity index (χ2v) is 8.61. The molecule has 0 aromatic heterocycles. The second-order valence-electron chi connectivity index (χ2n) is 8.61. The van der Waals surface area contributed by atoms with E-state index in [0.717, 1.165) is 21.8 Å². The van der Waals surface area contributed by atoms with E-state index in [0.29, 0.717) is 5.75 Å². The summed E-state index contributed by atoms with van der Waals surface area (Å²) < 4.78 is 29.0. The minimum Gasteiger partial charge on any atom is -0.468 e. The normalized spacial score (nSPS) is 17.9. The Morgan fingerprint density at radius 3 is 2.48 bits per heavy atom. The Morgan fingerprint density at radius 2 is 1.87 bits per heavy atom. The lowest BCUT2D eigenvalue weighted by Crippen LogP contribution is -2.41. The van der Waals surface area contributed by atoms with E-state index in [1.165, 1.54) is 0 Å². The van der Waals surface area contributed by atoms with Crippen molar-refractivity contribution in [3.8, 4) is 18.1 Å². The van der Waals surface area contributed by atoms with Crippen molar-refractivity contribution < 1.29 is 28.3 Å². The molecule has 0 radical (unpaired) electrons. The van der Waals surface area contributed by atoms with Crippen LogP contribution in [0.25, 0.3) is 10.8 Å². The summed E-state index contributed by atoms with van der Waals surface area (Å²) in [4.78, 5) is 12.0. The van der Waals surface area contributed by atoms with Gasteiger partial charge in [-0.2, -0.15) is 0 Å². The summed E-state index contributed by atoms with van der Waals surface area (Å²) in [5, 5.41) is 1.81. The summed E-state index contributed by atoms with van der Waals surface area (Å²) in [7, 11) is 0.953. The molecule has 164 valence electrons. The molecular formula is C24H29BO6. The second kappa shape index (κ2) is 8.92. The highest BCUT2D eigenvalue weighted by atomic mass is 16.7. The monoisotopic (exact) mass is 424 g/mol. The highest BCUT2D eigenvalue weighted by Gasteiger charge is 2.52. The maximum atomic E-state index is 12.0. The number of carbonyl (C=O) groups excluding carboxylic acids is 1. The predicted octanol–water partition coefficient (Wildman–Crippen LogP) is 3.75. The number of hydrogen-bond acceptors (Lipinski definition) is 6. The first-order chi connectivity index (χ1) is 14.6. The van der Waals surface area contributed by atoms with Crippen LogP contribution in [-0.4, -0.2) is 38.2 Å². The number of hydrogen-bond donors (Lipinski definition) is 0. The Balaban J connectivity index is 2.13. The molecule has 1 heterocycles. The lowest BCUT2D eigenvalue weighted by atomic mass is 9.74. The highest BCUT2D eigenvalue weighted by Crippen LogP contribution is 2.38. The van der Waals surface area contributed by atoms with Gasteiger partial charge >= 0.3 is 13.1 Å². The average Bonchev–Trinajstić information content (AvgIpc) is 2.92. The van der Waals surface area contributed by atoms with Gasteiger partial charge in [0.2, 0.25) is 0 Å². The molecule has 7 heteroatoms. The minimum atomic E-state index is -0.617. The smallest absolute Gasteiger partial charge is 0.468 e. The van der Waals surface area contributed by atoms with Crippen LogP contribution in [0.2, 0.25) is 0 Å². The van der Waals surface area contributed by atoms with Gasteiger partial charge in [-0.15, -0.1) is 6.42 Å². The molecule has 0 saturated carbocycles. The van der Waals surface area contributed by atoms with Crippen LogP contribution in [0, 0.1) is 12.3 Å². The van der Waals surface area contributed by atoms with Crippen molar-refractivity contribution in [2.75, 3.05) is 13.9 Å². The van der Waals surface area contributed by atoms with E-state index < -0.39 is 30.4 Å². The Kier molecular flexibility index (Phi) is 6.66. The van der Waals surface area contributed by atoms with Crippen molar-refractivity contribution in [1.29, 1.82) is 0 Å². The van der Waals surface area contributed by atoms with Crippen LogP contribution in [0.4, 0.5) is 0 Å². The van der Waals surface area contributed by atoms with E-state index in [-0.39, 0.29) is 13.2 Å². The topological polar surface area (TPSA) is 63.2 Å². The van der Waals surface area contributed by atoms with E-state index in [1.807, 2.05) is 65.0 Å². The zero-order valence-electron chi connectivity index (χ0n) is 19.0. The first-order valence-corrected chi connectivity index (χ1v) is 10.3. The molecule has 1 atom stereocenters. The summed E-state index contributed by atoms with van der Waals surface area (Å²) >= 11 is 0. The van der Waals surface area contributed by atoms with Gasteiger partial charge in [-0.1, -0.05) is 24.1 Å². The first-order valence-electron chi connectivity index (χ1n) is 10.3. The fraction of sp³-hybridized carbons (Fsp3) is 0.458. The van der Waals surface area contributed by atoms with Crippen molar-refractivity contribution in [1.82, 2.24) is 0 Å². The Labute approximate surface area is 184 Å². The van der Waals surface area contributed by atoms with Crippen molar-refractivity contribution in [3.63, 3.8) is 0 Å². The molecule has 0 bridgehead atoms. The van der Waals surface area contributed by atoms with E-state index in [9.17, 15) is 4.79 Å². The first kappa shape index (κ1) is 23.1. The van der Waals surface area contributed by atoms with Crippen LogP contribution in [0.1, 0.15) is 52.7 Å². The fourth-order valence-corrected chi connectivity index (χ4v) is 3.55. The van der Waals surface area contributed by atoms with Crippen molar-refractivity contribution >= 4 is 29.3 Å². The molecule has 1 saturated heterocycles. The number of esters is 1. The molecule has 2 aromatic carbocycles. The standard InChI is InChI=1S/C24H29BO6/c1-8-10-21(26)29-16(2)19-12-9-11-17-13-18(28-15-27-7)14-20(22(17)19)25-30-23(3,4)24(5,6)31-25/h1,9,11-14,16H,10,15H2,2-7H3. The molecule has 6 nitrogen and oxygen atoms in total. The van der Waals surface area contributed by atoms with Crippen LogP contribution in [0.15, 0.2) is 30.3 Å². The van der Waals surface area contributed by atoms with Gasteiger partial charge in [0.15, 0.2) is 6.79 Å². The zero-order valence-corrected chi connectivity index (χ0v) is 19.0. The number of methoxy groups -OCH3 is 1. The van der Waals surface area contributed by atoms with Gasteiger partial charge in [0, 0.05) is 7.11 Å². The number of ether oxygens (including phenoxy) is 3.